The maximum atomic E-state index is 12.6. The lowest BCUT2D eigenvalue weighted by Gasteiger charge is -2.24. The zero-order valence-electron chi connectivity index (χ0n) is 11.8. The summed E-state index contributed by atoms with van der Waals surface area (Å²) in [6, 6.07) is 2.36. The van der Waals surface area contributed by atoms with E-state index in [4.69, 9.17) is 5.11 Å². The smallest absolute Gasteiger partial charge is 0.264 e. The molecular formula is C15H23NO2S. The second-order valence-electron chi connectivity index (χ2n) is 5.23. The van der Waals surface area contributed by atoms with E-state index in [0.29, 0.717) is 6.04 Å². The van der Waals surface area contributed by atoms with Gasteiger partial charge in [0.15, 0.2) is 0 Å². The van der Waals surface area contributed by atoms with Gasteiger partial charge in [-0.1, -0.05) is 6.92 Å². The highest BCUT2D eigenvalue weighted by molar-refractivity contribution is 7.14. The average Bonchev–Trinajstić information content (AvgIpc) is 3.01. The van der Waals surface area contributed by atoms with Gasteiger partial charge in [-0.05, 0) is 50.7 Å². The van der Waals surface area contributed by atoms with Crippen LogP contribution in [0.4, 0.5) is 0 Å². The molecule has 2 rings (SSSR count). The molecule has 4 heteroatoms. The Kier molecular flexibility index (Phi) is 4.99. The van der Waals surface area contributed by atoms with E-state index < -0.39 is 0 Å². The lowest BCUT2D eigenvalue weighted by Crippen LogP contribution is -2.35. The molecule has 19 heavy (non-hydrogen) atoms. The Morgan fingerprint density at radius 1 is 1.58 bits per heavy atom. The summed E-state index contributed by atoms with van der Waals surface area (Å²) in [6.07, 6.45) is 4.88. The molecule has 0 aliphatic carbocycles. The van der Waals surface area contributed by atoms with Crippen molar-refractivity contribution in [3.63, 3.8) is 0 Å². The normalized spacial score (nSPS) is 19.1. The number of amides is 1. The fourth-order valence-electron chi connectivity index (χ4n) is 2.85. The predicted molar refractivity (Wildman–Crippen MR) is 78.8 cm³/mol. The number of rotatable bonds is 5. The topological polar surface area (TPSA) is 40.5 Å². The zero-order chi connectivity index (χ0) is 13.8. The SMILES string of the molecule is CCc1sc(C(=O)N2CCCC2CCCO)cc1C. The Balaban J connectivity index is 2.09. The number of aliphatic hydroxyl groups excluding tert-OH is 1. The van der Waals surface area contributed by atoms with Crippen LogP contribution in [-0.2, 0) is 6.42 Å². The van der Waals surface area contributed by atoms with Crippen LogP contribution in [0.5, 0.6) is 0 Å². The third-order valence-electron chi connectivity index (χ3n) is 3.89. The second kappa shape index (κ2) is 6.53. The summed E-state index contributed by atoms with van der Waals surface area (Å²) in [4.78, 5) is 16.8. The summed E-state index contributed by atoms with van der Waals surface area (Å²) in [5, 5.41) is 8.94. The van der Waals surface area contributed by atoms with Crippen molar-refractivity contribution >= 4 is 17.2 Å². The molecule has 1 unspecified atom stereocenters. The molecule has 1 aliphatic rings. The quantitative estimate of drug-likeness (QED) is 0.901. The first-order valence-electron chi connectivity index (χ1n) is 7.18. The Morgan fingerprint density at radius 2 is 2.37 bits per heavy atom. The molecule has 0 bridgehead atoms. The fourth-order valence-corrected chi connectivity index (χ4v) is 3.92. The summed E-state index contributed by atoms with van der Waals surface area (Å²) < 4.78 is 0. The summed E-state index contributed by atoms with van der Waals surface area (Å²) in [5.74, 6) is 0.188. The minimum absolute atomic E-state index is 0.188. The Hall–Kier alpha value is -0.870. The van der Waals surface area contributed by atoms with Crippen LogP contribution in [0.25, 0.3) is 0 Å². The van der Waals surface area contributed by atoms with Crippen LogP contribution < -0.4 is 0 Å². The molecule has 1 saturated heterocycles. The van der Waals surface area contributed by atoms with Crippen molar-refractivity contribution in [2.24, 2.45) is 0 Å². The first kappa shape index (κ1) is 14.5. The van der Waals surface area contributed by atoms with E-state index in [9.17, 15) is 4.79 Å². The summed E-state index contributed by atoms with van der Waals surface area (Å²) in [5.41, 5.74) is 1.24. The number of hydrogen-bond acceptors (Lipinski definition) is 3. The number of aliphatic hydroxyl groups is 1. The van der Waals surface area contributed by atoms with E-state index in [1.54, 1.807) is 11.3 Å². The van der Waals surface area contributed by atoms with Gasteiger partial charge in [-0.3, -0.25) is 4.79 Å². The van der Waals surface area contributed by atoms with Crippen LogP contribution in [0.15, 0.2) is 6.07 Å². The molecule has 1 amide bonds. The second-order valence-corrected chi connectivity index (χ2v) is 6.37. The lowest BCUT2D eigenvalue weighted by atomic mass is 10.1. The summed E-state index contributed by atoms with van der Waals surface area (Å²) >= 11 is 1.64. The van der Waals surface area contributed by atoms with Gasteiger partial charge in [0.1, 0.15) is 0 Å². The zero-order valence-corrected chi connectivity index (χ0v) is 12.6. The van der Waals surface area contributed by atoms with Crippen LogP contribution in [0.2, 0.25) is 0 Å². The number of carbonyl (C=O) groups excluding carboxylic acids is 1. The van der Waals surface area contributed by atoms with Gasteiger partial charge in [0, 0.05) is 24.1 Å². The molecule has 0 radical (unpaired) electrons. The van der Waals surface area contributed by atoms with Crippen LogP contribution in [-0.4, -0.2) is 35.1 Å². The molecule has 106 valence electrons. The number of thiophene rings is 1. The Labute approximate surface area is 119 Å². The fraction of sp³-hybridized carbons (Fsp3) is 0.667. The average molecular weight is 281 g/mol. The highest BCUT2D eigenvalue weighted by atomic mass is 32.1. The minimum atomic E-state index is 0.188. The van der Waals surface area contributed by atoms with Crippen molar-refractivity contribution in [2.75, 3.05) is 13.2 Å². The van der Waals surface area contributed by atoms with Crippen LogP contribution in [0.3, 0.4) is 0 Å². The highest BCUT2D eigenvalue weighted by Crippen LogP contribution is 2.28. The molecule has 1 aromatic heterocycles. The number of carbonyl (C=O) groups is 1. The van der Waals surface area contributed by atoms with E-state index in [2.05, 4.69) is 13.8 Å². The van der Waals surface area contributed by atoms with Gasteiger partial charge in [-0.25, -0.2) is 0 Å². The molecule has 1 atom stereocenters. The third kappa shape index (κ3) is 3.18. The lowest BCUT2D eigenvalue weighted by molar-refractivity contribution is 0.0729. The number of likely N-dealkylation sites (tertiary alicyclic amines) is 1. The molecule has 1 aliphatic heterocycles. The number of nitrogens with zero attached hydrogens (tertiary/aromatic N) is 1. The van der Waals surface area contributed by atoms with E-state index in [0.717, 1.165) is 43.5 Å². The highest BCUT2D eigenvalue weighted by Gasteiger charge is 2.29. The minimum Gasteiger partial charge on any atom is -0.396 e. The van der Waals surface area contributed by atoms with E-state index in [1.165, 1.54) is 10.4 Å². The molecule has 1 N–H and O–H groups in total. The maximum Gasteiger partial charge on any atom is 0.264 e. The van der Waals surface area contributed by atoms with E-state index >= 15 is 0 Å². The predicted octanol–water partition coefficient (Wildman–Crippen LogP) is 3.00. The van der Waals surface area contributed by atoms with Crippen molar-refractivity contribution < 1.29 is 9.90 Å². The van der Waals surface area contributed by atoms with Gasteiger partial charge >= 0.3 is 0 Å². The molecule has 1 aromatic rings. The largest absolute Gasteiger partial charge is 0.396 e. The Morgan fingerprint density at radius 3 is 3.00 bits per heavy atom. The first-order valence-corrected chi connectivity index (χ1v) is 8.00. The van der Waals surface area contributed by atoms with E-state index in [1.807, 2.05) is 11.0 Å². The summed E-state index contributed by atoms with van der Waals surface area (Å²) in [7, 11) is 0. The standard InChI is InChI=1S/C15H23NO2S/c1-3-13-11(2)10-14(19-13)15(18)16-8-4-6-12(16)7-5-9-17/h10,12,17H,3-9H2,1-2H3. The van der Waals surface area contributed by atoms with Gasteiger partial charge in [-0.15, -0.1) is 11.3 Å². The maximum absolute atomic E-state index is 12.6. The summed E-state index contributed by atoms with van der Waals surface area (Å²) in [6.45, 7) is 5.30. The molecule has 1 fully saturated rings. The third-order valence-corrected chi connectivity index (χ3v) is 5.26. The van der Waals surface area contributed by atoms with Gasteiger partial charge in [0.25, 0.3) is 5.91 Å². The van der Waals surface area contributed by atoms with Crippen molar-refractivity contribution in [3.8, 4) is 0 Å². The monoisotopic (exact) mass is 281 g/mol. The van der Waals surface area contributed by atoms with Crippen molar-refractivity contribution in [1.82, 2.24) is 4.90 Å². The Bertz CT molecular complexity index is 441. The van der Waals surface area contributed by atoms with Gasteiger partial charge in [0.2, 0.25) is 0 Å². The van der Waals surface area contributed by atoms with Crippen LogP contribution >= 0.6 is 11.3 Å². The first-order chi connectivity index (χ1) is 9.17. The van der Waals surface area contributed by atoms with E-state index in [-0.39, 0.29) is 12.5 Å². The van der Waals surface area contributed by atoms with Gasteiger partial charge in [-0.2, -0.15) is 0 Å². The molecule has 3 nitrogen and oxygen atoms in total. The molecule has 0 spiro atoms. The van der Waals surface area contributed by atoms with Crippen LogP contribution in [0, 0.1) is 6.92 Å². The van der Waals surface area contributed by atoms with Crippen molar-refractivity contribution in [3.05, 3.63) is 21.4 Å². The van der Waals surface area contributed by atoms with Crippen LogP contribution in [0.1, 0.15) is 52.7 Å². The number of aryl methyl sites for hydroxylation is 2. The molecular weight excluding hydrogens is 258 g/mol. The number of hydrogen-bond donors (Lipinski definition) is 1. The molecule has 0 saturated carbocycles. The van der Waals surface area contributed by atoms with Gasteiger partial charge < -0.3 is 10.0 Å². The van der Waals surface area contributed by atoms with Crippen molar-refractivity contribution in [1.29, 1.82) is 0 Å². The molecule has 2 heterocycles. The van der Waals surface area contributed by atoms with Crippen molar-refractivity contribution in [2.45, 2.75) is 52.0 Å². The molecule has 0 aromatic carbocycles. The van der Waals surface area contributed by atoms with Gasteiger partial charge in [0.05, 0.1) is 4.88 Å².